The zero-order valence-corrected chi connectivity index (χ0v) is 12.2. The average molecular weight is 372 g/mol. The minimum absolute atomic E-state index is 0.283. The molecule has 0 amide bonds. The smallest absolute Gasteiger partial charge is 0.316 e. The summed E-state index contributed by atoms with van der Waals surface area (Å²) >= 11 is 2.12. The minimum atomic E-state index is -0.411. The molecule has 3 rings (SSSR count). The van der Waals surface area contributed by atoms with Crippen molar-refractivity contribution < 1.29 is 0 Å². The van der Waals surface area contributed by atoms with E-state index in [4.69, 9.17) is 0 Å². The van der Waals surface area contributed by atoms with Gasteiger partial charge in [0.15, 0.2) is 11.2 Å². The van der Waals surface area contributed by atoms with E-state index in [0.717, 1.165) is 8.14 Å². The maximum absolute atomic E-state index is 12.0. The summed E-state index contributed by atoms with van der Waals surface area (Å²) < 4.78 is 4.83. The molecule has 0 aromatic carbocycles. The van der Waals surface area contributed by atoms with Crippen LogP contribution in [0.5, 0.6) is 0 Å². The minimum Gasteiger partial charge on any atom is -0.316 e. The highest BCUT2D eigenvalue weighted by Gasteiger charge is 2.14. The third kappa shape index (κ3) is 1.72. The maximum atomic E-state index is 12.0. The Bertz CT molecular complexity index is 899. The van der Waals surface area contributed by atoms with Crippen LogP contribution in [0.4, 0.5) is 0 Å². The molecule has 9 heteroatoms. The van der Waals surface area contributed by atoms with Gasteiger partial charge in [-0.05, 0) is 22.6 Å². The van der Waals surface area contributed by atoms with Crippen molar-refractivity contribution in [1.29, 1.82) is 0 Å². The van der Waals surface area contributed by atoms with E-state index in [-0.39, 0.29) is 5.52 Å². The Labute approximate surface area is 119 Å². The molecule has 0 atom stereocenters. The Morgan fingerprint density at radius 2 is 2.00 bits per heavy atom. The van der Waals surface area contributed by atoms with Crippen LogP contribution >= 0.6 is 22.6 Å². The van der Waals surface area contributed by atoms with E-state index in [0.29, 0.717) is 11.6 Å². The van der Waals surface area contributed by atoms with Gasteiger partial charge in [-0.2, -0.15) is 10.1 Å². The highest BCUT2D eigenvalue weighted by atomic mass is 127. The predicted octanol–water partition coefficient (Wildman–Crippen LogP) is -0.249. The zero-order chi connectivity index (χ0) is 13.7. The number of fused-ring (bicyclic) bond motifs is 1. The molecule has 0 saturated carbocycles. The van der Waals surface area contributed by atoms with Gasteiger partial charge in [-0.15, -0.1) is 0 Å². The molecule has 3 aromatic rings. The second-order valence-corrected chi connectivity index (χ2v) is 5.31. The first kappa shape index (κ1) is 12.1. The molecule has 3 aromatic heterocycles. The van der Waals surface area contributed by atoms with Gasteiger partial charge in [0.2, 0.25) is 5.95 Å². The summed E-state index contributed by atoms with van der Waals surface area (Å²) in [5, 5.41) is 4.10. The Morgan fingerprint density at radius 1 is 1.26 bits per heavy atom. The van der Waals surface area contributed by atoms with Crippen molar-refractivity contribution in [3.05, 3.63) is 36.8 Å². The van der Waals surface area contributed by atoms with E-state index in [9.17, 15) is 9.59 Å². The van der Waals surface area contributed by atoms with Crippen molar-refractivity contribution in [1.82, 2.24) is 28.9 Å². The van der Waals surface area contributed by atoms with Crippen molar-refractivity contribution >= 4 is 33.8 Å². The van der Waals surface area contributed by atoms with Crippen LogP contribution in [0.1, 0.15) is 0 Å². The quantitative estimate of drug-likeness (QED) is 0.597. The van der Waals surface area contributed by atoms with E-state index in [1.54, 1.807) is 19.4 Å². The molecule has 0 fully saturated rings. The van der Waals surface area contributed by atoms with Crippen molar-refractivity contribution in [3.8, 4) is 5.95 Å². The van der Waals surface area contributed by atoms with E-state index in [1.165, 1.54) is 16.3 Å². The third-order valence-corrected chi connectivity index (χ3v) is 3.41. The summed E-state index contributed by atoms with van der Waals surface area (Å²) in [6, 6.07) is 0. The summed E-state index contributed by atoms with van der Waals surface area (Å²) in [5.41, 5.74) is -0.219. The van der Waals surface area contributed by atoms with Gasteiger partial charge in [0, 0.05) is 20.3 Å². The van der Waals surface area contributed by atoms with Crippen molar-refractivity contribution in [2.24, 2.45) is 14.1 Å². The Kier molecular flexibility index (Phi) is 2.59. The van der Waals surface area contributed by atoms with Gasteiger partial charge in [-0.25, -0.2) is 9.48 Å². The number of aryl methyl sites for hydroxylation is 1. The molecule has 0 aliphatic rings. The highest BCUT2D eigenvalue weighted by molar-refractivity contribution is 14.1. The Balaban J connectivity index is 2.39. The van der Waals surface area contributed by atoms with Crippen molar-refractivity contribution in [2.75, 3.05) is 0 Å². The summed E-state index contributed by atoms with van der Waals surface area (Å²) in [7, 11) is 3.00. The molecule has 8 nitrogen and oxygen atoms in total. The number of aromatic amines is 1. The number of aromatic nitrogens is 6. The monoisotopic (exact) mass is 372 g/mol. The molecule has 0 aliphatic carbocycles. The van der Waals surface area contributed by atoms with Crippen LogP contribution in [0.25, 0.3) is 17.1 Å². The van der Waals surface area contributed by atoms with Crippen LogP contribution in [0, 0.1) is 3.57 Å². The number of halogens is 1. The van der Waals surface area contributed by atoms with Gasteiger partial charge >= 0.3 is 5.69 Å². The number of nitrogens with one attached hydrogen (secondary N) is 1. The van der Waals surface area contributed by atoms with Gasteiger partial charge in [0.05, 0.1) is 9.77 Å². The number of H-pyrrole nitrogens is 1. The largest absolute Gasteiger partial charge is 0.332 e. The first-order valence-corrected chi connectivity index (χ1v) is 6.43. The fourth-order valence-corrected chi connectivity index (χ4v) is 2.23. The molecule has 3 heterocycles. The molecule has 0 spiro atoms. The zero-order valence-electron chi connectivity index (χ0n) is 10.1. The van der Waals surface area contributed by atoms with Gasteiger partial charge in [-0.3, -0.25) is 13.9 Å². The molecule has 98 valence electrons. The van der Waals surface area contributed by atoms with Crippen LogP contribution in [-0.4, -0.2) is 28.9 Å². The van der Waals surface area contributed by atoms with E-state index >= 15 is 0 Å². The number of rotatable bonds is 1. The fourth-order valence-electron chi connectivity index (χ4n) is 1.84. The lowest BCUT2D eigenvalue weighted by molar-refractivity contribution is 0.708. The molecule has 0 radical (unpaired) electrons. The fraction of sp³-hybridized carbons (Fsp3) is 0.200. The molecule has 0 saturated heterocycles. The highest BCUT2D eigenvalue weighted by Crippen LogP contribution is 2.10. The van der Waals surface area contributed by atoms with Gasteiger partial charge in [0.1, 0.15) is 0 Å². The third-order valence-electron chi connectivity index (χ3n) is 2.85. The Morgan fingerprint density at radius 3 is 2.63 bits per heavy atom. The second kappa shape index (κ2) is 4.05. The molecule has 19 heavy (non-hydrogen) atoms. The number of nitrogens with zero attached hydrogens (tertiary/aromatic N) is 5. The summed E-state index contributed by atoms with van der Waals surface area (Å²) in [6.07, 6.45) is 3.44. The summed E-state index contributed by atoms with van der Waals surface area (Å²) in [5.74, 6) is 0.399. The first-order valence-electron chi connectivity index (χ1n) is 5.35. The summed E-state index contributed by atoms with van der Waals surface area (Å²) in [6.45, 7) is 0. The van der Waals surface area contributed by atoms with Crippen LogP contribution in [0.3, 0.4) is 0 Å². The number of hydrogen-bond acceptors (Lipinski definition) is 4. The molecule has 0 aliphatic heterocycles. The van der Waals surface area contributed by atoms with E-state index < -0.39 is 11.2 Å². The van der Waals surface area contributed by atoms with Crippen LogP contribution in [0.15, 0.2) is 22.0 Å². The molecule has 0 bridgehead atoms. The van der Waals surface area contributed by atoms with Crippen LogP contribution < -0.4 is 11.2 Å². The van der Waals surface area contributed by atoms with E-state index in [1.807, 2.05) is 0 Å². The number of hydrogen-bond donors (Lipinski definition) is 1. The van der Waals surface area contributed by atoms with E-state index in [2.05, 4.69) is 37.7 Å². The molecule has 1 N–H and O–H groups in total. The van der Waals surface area contributed by atoms with Gasteiger partial charge < -0.3 is 4.98 Å². The Hall–Kier alpha value is -1.91. The first-order chi connectivity index (χ1) is 8.99. The predicted molar refractivity (Wildman–Crippen MR) is 76.4 cm³/mol. The lowest BCUT2D eigenvalue weighted by Gasteiger charge is -2.00. The maximum Gasteiger partial charge on any atom is 0.332 e. The number of imidazole rings is 1. The standard InChI is InChI=1S/C10H9IN6O2/c1-15-7-6(8(18)16(2)10(15)19)13-9(14-7)17-4-5(11)3-12-17/h3-4H,1-2H3,(H,13,14). The van der Waals surface area contributed by atoms with Crippen LogP contribution in [0.2, 0.25) is 0 Å². The van der Waals surface area contributed by atoms with Crippen molar-refractivity contribution in [2.45, 2.75) is 0 Å². The topological polar surface area (TPSA) is 90.5 Å². The lowest BCUT2D eigenvalue weighted by atomic mass is 10.5. The molecule has 0 unspecified atom stereocenters. The summed E-state index contributed by atoms with van der Waals surface area (Å²) in [4.78, 5) is 30.9. The average Bonchev–Trinajstić information content (AvgIpc) is 3.00. The molecular formula is C10H9IN6O2. The molecular weight excluding hydrogens is 363 g/mol. The van der Waals surface area contributed by atoms with Gasteiger partial charge in [-0.1, -0.05) is 0 Å². The van der Waals surface area contributed by atoms with Gasteiger partial charge in [0.25, 0.3) is 5.56 Å². The van der Waals surface area contributed by atoms with Crippen molar-refractivity contribution in [3.63, 3.8) is 0 Å². The second-order valence-electron chi connectivity index (χ2n) is 4.07. The SMILES string of the molecule is Cn1c(=O)c2[nH]c(-n3cc(I)cn3)nc2n(C)c1=O. The normalized spacial score (nSPS) is 11.3. The van der Waals surface area contributed by atoms with Crippen LogP contribution in [-0.2, 0) is 14.1 Å². The lowest BCUT2D eigenvalue weighted by Crippen LogP contribution is -2.36.